The van der Waals surface area contributed by atoms with Crippen LogP contribution >= 0.6 is 23.4 Å². The summed E-state index contributed by atoms with van der Waals surface area (Å²) in [4.78, 5) is 5.48. The third kappa shape index (κ3) is 2.67. The first kappa shape index (κ1) is 12.5. The van der Waals surface area contributed by atoms with Crippen LogP contribution in [-0.4, -0.2) is 15.8 Å². The van der Waals surface area contributed by atoms with Crippen LogP contribution in [0.4, 0.5) is 0 Å². The Morgan fingerprint density at radius 2 is 2.12 bits per heavy atom. The van der Waals surface area contributed by atoms with E-state index in [4.69, 9.17) is 11.6 Å². The molecule has 17 heavy (non-hydrogen) atoms. The van der Waals surface area contributed by atoms with Gasteiger partial charge in [0, 0.05) is 21.8 Å². The molecule has 2 nitrogen and oxygen atoms in total. The Labute approximate surface area is 111 Å². The van der Waals surface area contributed by atoms with Crippen LogP contribution < -0.4 is 0 Å². The van der Waals surface area contributed by atoms with Gasteiger partial charge in [-0.1, -0.05) is 17.7 Å². The van der Waals surface area contributed by atoms with Gasteiger partial charge in [0.25, 0.3) is 0 Å². The standard InChI is InChI=1S/C13H15ClN2S/c1-9-7-15-10(2)16(9)8-11-4-5-12(17-3)6-13(11)14/h4-7H,8H2,1-3H3. The van der Waals surface area contributed by atoms with E-state index in [1.807, 2.05) is 19.2 Å². The van der Waals surface area contributed by atoms with Crippen LogP contribution in [0.1, 0.15) is 17.1 Å². The highest BCUT2D eigenvalue weighted by Gasteiger charge is 2.06. The Morgan fingerprint density at radius 3 is 2.65 bits per heavy atom. The monoisotopic (exact) mass is 266 g/mol. The molecule has 0 N–H and O–H groups in total. The minimum absolute atomic E-state index is 0.783. The molecule has 1 heterocycles. The lowest BCUT2D eigenvalue weighted by Gasteiger charge is -2.10. The van der Waals surface area contributed by atoms with Crippen LogP contribution in [-0.2, 0) is 6.54 Å². The molecule has 0 aliphatic rings. The van der Waals surface area contributed by atoms with Crippen molar-refractivity contribution in [3.63, 3.8) is 0 Å². The van der Waals surface area contributed by atoms with Crippen LogP contribution in [0.25, 0.3) is 0 Å². The van der Waals surface area contributed by atoms with Gasteiger partial charge in [-0.2, -0.15) is 0 Å². The normalized spacial score (nSPS) is 10.8. The van der Waals surface area contributed by atoms with Crippen molar-refractivity contribution in [1.82, 2.24) is 9.55 Å². The molecule has 4 heteroatoms. The van der Waals surface area contributed by atoms with Gasteiger partial charge in [-0.05, 0) is 37.8 Å². The highest BCUT2D eigenvalue weighted by molar-refractivity contribution is 7.98. The minimum Gasteiger partial charge on any atom is -0.328 e. The average Bonchev–Trinajstić information content (AvgIpc) is 2.63. The highest BCUT2D eigenvalue weighted by atomic mass is 35.5. The predicted molar refractivity (Wildman–Crippen MR) is 74.0 cm³/mol. The van der Waals surface area contributed by atoms with Crippen molar-refractivity contribution in [2.75, 3.05) is 6.26 Å². The number of thioether (sulfide) groups is 1. The van der Waals surface area contributed by atoms with Gasteiger partial charge in [0.15, 0.2) is 0 Å². The number of nitrogens with zero attached hydrogens (tertiary/aromatic N) is 2. The lowest BCUT2D eigenvalue weighted by molar-refractivity contribution is 0.738. The quantitative estimate of drug-likeness (QED) is 0.784. The lowest BCUT2D eigenvalue weighted by atomic mass is 10.2. The van der Waals surface area contributed by atoms with Crippen LogP contribution in [0.15, 0.2) is 29.3 Å². The Hall–Kier alpha value is -0.930. The molecule has 0 aliphatic heterocycles. The van der Waals surface area contributed by atoms with E-state index in [9.17, 15) is 0 Å². The predicted octanol–water partition coefficient (Wildman–Crippen LogP) is 3.92. The smallest absolute Gasteiger partial charge is 0.106 e. The number of aromatic nitrogens is 2. The molecule has 1 aromatic heterocycles. The Morgan fingerprint density at radius 1 is 1.35 bits per heavy atom. The molecule has 0 saturated heterocycles. The number of halogens is 1. The van der Waals surface area contributed by atoms with Gasteiger partial charge < -0.3 is 4.57 Å². The summed E-state index contributed by atoms with van der Waals surface area (Å²) in [6.45, 7) is 4.85. The Balaban J connectivity index is 2.30. The minimum atomic E-state index is 0.783. The fourth-order valence-corrected chi connectivity index (χ4v) is 2.52. The lowest BCUT2D eigenvalue weighted by Crippen LogP contribution is -2.04. The molecule has 2 aromatic rings. The summed E-state index contributed by atoms with van der Waals surface area (Å²) in [5.41, 5.74) is 2.29. The van der Waals surface area contributed by atoms with Crippen molar-refractivity contribution in [3.05, 3.63) is 46.5 Å². The first-order valence-corrected chi connectivity index (χ1v) is 7.03. The fourth-order valence-electron chi connectivity index (χ4n) is 1.77. The fraction of sp³-hybridized carbons (Fsp3) is 0.308. The molecule has 0 amide bonds. The molecule has 0 bridgehead atoms. The summed E-state index contributed by atoms with van der Waals surface area (Å²) in [7, 11) is 0. The first-order valence-electron chi connectivity index (χ1n) is 5.43. The van der Waals surface area contributed by atoms with Crippen LogP contribution in [0.5, 0.6) is 0 Å². The van der Waals surface area contributed by atoms with Crippen LogP contribution in [0.2, 0.25) is 5.02 Å². The number of aryl methyl sites for hydroxylation is 2. The summed E-state index contributed by atoms with van der Waals surface area (Å²) < 4.78 is 2.17. The van der Waals surface area contributed by atoms with Gasteiger partial charge in [-0.3, -0.25) is 0 Å². The van der Waals surface area contributed by atoms with Gasteiger partial charge >= 0.3 is 0 Å². The van der Waals surface area contributed by atoms with E-state index >= 15 is 0 Å². The second-order valence-electron chi connectivity index (χ2n) is 3.99. The zero-order valence-electron chi connectivity index (χ0n) is 10.2. The summed E-state index contributed by atoms with van der Waals surface area (Å²) >= 11 is 7.99. The molecule has 1 aromatic carbocycles. The molecule has 0 atom stereocenters. The molecule has 0 fully saturated rings. The summed E-state index contributed by atoms with van der Waals surface area (Å²) in [6, 6.07) is 6.21. The van der Waals surface area contributed by atoms with E-state index in [-0.39, 0.29) is 0 Å². The van der Waals surface area contributed by atoms with Crippen molar-refractivity contribution < 1.29 is 0 Å². The summed E-state index contributed by atoms with van der Waals surface area (Å²) in [5, 5.41) is 0.823. The summed E-state index contributed by atoms with van der Waals surface area (Å²) in [6.07, 6.45) is 3.94. The van der Waals surface area contributed by atoms with Crippen LogP contribution in [0.3, 0.4) is 0 Å². The van der Waals surface area contributed by atoms with Crippen molar-refractivity contribution in [2.24, 2.45) is 0 Å². The van der Waals surface area contributed by atoms with E-state index in [2.05, 4.69) is 34.9 Å². The average molecular weight is 267 g/mol. The molecule has 2 rings (SSSR count). The van der Waals surface area contributed by atoms with Crippen molar-refractivity contribution >= 4 is 23.4 Å². The number of hydrogen-bond acceptors (Lipinski definition) is 2. The van der Waals surface area contributed by atoms with E-state index in [0.29, 0.717) is 0 Å². The maximum atomic E-state index is 6.28. The Kier molecular flexibility index (Phi) is 3.79. The molecule has 90 valence electrons. The SMILES string of the molecule is CSc1ccc(Cn2c(C)cnc2C)c(Cl)c1. The number of rotatable bonds is 3. The highest BCUT2D eigenvalue weighted by Crippen LogP contribution is 2.24. The second-order valence-corrected chi connectivity index (χ2v) is 5.28. The zero-order valence-corrected chi connectivity index (χ0v) is 11.8. The van der Waals surface area contributed by atoms with Gasteiger partial charge in [0.2, 0.25) is 0 Å². The molecular formula is C13H15ClN2S. The van der Waals surface area contributed by atoms with Gasteiger partial charge in [0.05, 0.1) is 6.54 Å². The second kappa shape index (κ2) is 5.15. The van der Waals surface area contributed by atoms with Crippen LogP contribution in [0, 0.1) is 13.8 Å². The first-order chi connectivity index (χ1) is 8.11. The molecule has 0 radical (unpaired) electrons. The molecule has 0 unspecified atom stereocenters. The number of benzene rings is 1. The van der Waals surface area contributed by atoms with Crippen molar-refractivity contribution in [2.45, 2.75) is 25.3 Å². The van der Waals surface area contributed by atoms with Gasteiger partial charge in [0.1, 0.15) is 5.82 Å². The number of imidazole rings is 1. The third-order valence-electron chi connectivity index (χ3n) is 2.84. The van der Waals surface area contributed by atoms with Crippen molar-refractivity contribution in [3.8, 4) is 0 Å². The van der Waals surface area contributed by atoms with Gasteiger partial charge in [-0.25, -0.2) is 4.98 Å². The third-order valence-corrected chi connectivity index (χ3v) is 3.92. The van der Waals surface area contributed by atoms with Gasteiger partial charge in [-0.15, -0.1) is 11.8 Å². The van der Waals surface area contributed by atoms with E-state index in [0.717, 1.165) is 28.6 Å². The van der Waals surface area contributed by atoms with E-state index < -0.39 is 0 Å². The zero-order chi connectivity index (χ0) is 12.4. The Bertz CT molecular complexity index is 515. The molecule has 0 spiro atoms. The maximum Gasteiger partial charge on any atom is 0.106 e. The molecule has 0 aliphatic carbocycles. The molecule has 0 saturated carbocycles. The van der Waals surface area contributed by atoms with Crippen molar-refractivity contribution in [1.29, 1.82) is 0 Å². The summed E-state index contributed by atoms with van der Waals surface area (Å²) in [5.74, 6) is 1.02. The molecular weight excluding hydrogens is 252 g/mol. The topological polar surface area (TPSA) is 17.8 Å². The largest absolute Gasteiger partial charge is 0.328 e. The maximum absolute atomic E-state index is 6.28. The van der Waals surface area contributed by atoms with E-state index in [1.165, 1.54) is 4.90 Å². The number of hydrogen-bond donors (Lipinski definition) is 0. The van der Waals surface area contributed by atoms with E-state index in [1.54, 1.807) is 11.8 Å².